The lowest BCUT2D eigenvalue weighted by molar-refractivity contribution is -0.120. The number of nitrogens with one attached hydrogen (secondary N) is 1. The van der Waals surface area contributed by atoms with Crippen LogP contribution in [-0.4, -0.2) is 19.0 Å². The predicted octanol–water partition coefficient (Wildman–Crippen LogP) is 1.78. The van der Waals surface area contributed by atoms with Crippen molar-refractivity contribution in [3.63, 3.8) is 0 Å². The van der Waals surface area contributed by atoms with E-state index in [1.165, 1.54) is 6.07 Å². The van der Waals surface area contributed by atoms with Crippen LogP contribution in [0.25, 0.3) is 0 Å². The fraction of sp³-hybridized carbons (Fsp3) is 0.417. The van der Waals surface area contributed by atoms with Crippen LogP contribution in [0, 0.1) is 11.6 Å². The van der Waals surface area contributed by atoms with Crippen molar-refractivity contribution in [2.45, 2.75) is 19.3 Å². The highest BCUT2D eigenvalue weighted by Crippen LogP contribution is 2.09. The fourth-order valence-corrected chi connectivity index (χ4v) is 1.39. The van der Waals surface area contributed by atoms with Crippen LogP contribution >= 0.6 is 12.4 Å². The van der Waals surface area contributed by atoms with Gasteiger partial charge < -0.3 is 11.1 Å². The second kappa shape index (κ2) is 8.83. The smallest absolute Gasteiger partial charge is 0.224 e. The summed E-state index contributed by atoms with van der Waals surface area (Å²) in [4.78, 5) is 11.4. The molecule has 0 aliphatic carbocycles. The third-order valence-electron chi connectivity index (χ3n) is 2.30. The molecule has 1 amide bonds. The van der Waals surface area contributed by atoms with Gasteiger partial charge in [-0.3, -0.25) is 4.79 Å². The first kappa shape index (κ1) is 16.8. The standard InChI is InChI=1S/C12H16F2N2O.ClH/c13-10-4-3-9(7-11(10)14)8-12(17)16-6-2-1-5-15;/h3-4,7H,1-2,5-6,8,15H2,(H,16,17);1H. The number of nitrogens with two attached hydrogens (primary N) is 1. The van der Waals surface area contributed by atoms with Crippen molar-refractivity contribution in [2.24, 2.45) is 5.73 Å². The van der Waals surface area contributed by atoms with Crippen LogP contribution in [0.1, 0.15) is 18.4 Å². The lowest BCUT2D eigenvalue weighted by Crippen LogP contribution is -2.26. The molecule has 0 spiro atoms. The van der Waals surface area contributed by atoms with Crippen LogP contribution in [0.3, 0.4) is 0 Å². The zero-order valence-electron chi connectivity index (χ0n) is 9.92. The summed E-state index contributed by atoms with van der Waals surface area (Å²) < 4.78 is 25.5. The van der Waals surface area contributed by atoms with E-state index in [1.54, 1.807) is 0 Å². The minimum atomic E-state index is -0.932. The first-order valence-electron chi connectivity index (χ1n) is 5.54. The van der Waals surface area contributed by atoms with Gasteiger partial charge in [-0.05, 0) is 37.1 Å². The number of carbonyl (C=O) groups excluding carboxylic acids is 1. The van der Waals surface area contributed by atoms with E-state index in [2.05, 4.69) is 5.32 Å². The van der Waals surface area contributed by atoms with Crippen molar-refractivity contribution < 1.29 is 13.6 Å². The molecule has 0 bridgehead atoms. The summed E-state index contributed by atoms with van der Waals surface area (Å²) >= 11 is 0. The molecule has 0 saturated heterocycles. The predicted molar refractivity (Wildman–Crippen MR) is 68.6 cm³/mol. The Morgan fingerprint density at radius 3 is 2.56 bits per heavy atom. The average Bonchev–Trinajstić information content (AvgIpc) is 2.30. The number of carbonyl (C=O) groups is 1. The Morgan fingerprint density at radius 1 is 1.22 bits per heavy atom. The minimum absolute atomic E-state index is 0. The number of rotatable bonds is 6. The Morgan fingerprint density at radius 2 is 1.94 bits per heavy atom. The van der Waals surface area contributed by atoms with E-state index in [1.807, 2.05) is 0 Å². The molecule has 3 nitrogen and oxygen atoms in total. The molecule has 0 aliphatic heterocycles. The SMILES string of the molecule is Cl.NCCCCNC(=O)Cc1ccc(F)c(F)c1. The minimum Gasteiger partial charge on any atom is -0.356 e. The van der Waals surface area contributed by atoms with Gasteiger partial charge in [0.1, 0.15) is 0 Å². The molecule has 0 atom stereocenters. The van der Waals surface area contributed by atoms with Crippen molar-refractivity contribution in [3.8, 4) is 0 Å². The molecule has 1 aromatic rings. The van der Waals surface area contributed by atoms with Crippen molar-refractivity contribution in [3.05, 3.63) is 35.4 Å². The van der Waals surface area contributed by atoms with Crippen molar-refractivity contribution >= 4 is 18.3 Å². The maximum atomic E-state index is 12.9. The Bertz CT molecular complexity index is 388. The molecule has 0 fully saturated rings. The van der Waals surface area contributed by atoms with Crippen molar-refractivity contribution in [1.29, 1.82) is 0 Å². The summed E-state index contributed by atoms with van der Waals surface area (Å²) in [6, 6.07) is 3.46. The van der Waals surface area contributed by atoms with Crippen molar-refractivity contribution in [1.82, 2.24) is 5.32 Å². The molecular weight excluding hydrogens is 262 g/mol. The highest BCUT2D eigenvalue weighted by atomic mass is 35.5. The Kier molecular flexibility index (Phi) is 8.24. The molecule has 1 rings (SSSR count). The summed E-state index contributed by atoms with van der Waals surface area (Å²) in [7, 11) is 0. The quantitative estimate of drug-likeness (QED) is 0.780. The van der Waals surface area contributed by atoms with E-state index < -0.39 is 11.6 Å². The summed E-state index contributed by atoms with van der Waals surface area (Å²) in [5.41, 5.74) is 5.77. The third-order valence-corrected chi connectivity index (χ3v) is 2.30. The lowest BCUT2D eigenvalue weighted by Gasteiger charge is -2.05. The van der Waals surface area contributed by atoms with Crippen LogP contribution < -0.4 is 11.1 Å². The first-order valence-corrected chi connectivity index (χ1v) is 5.54. The van der Waals surface area contributed by atoms with E-state index >= 15 is 0 Å². The largest absolute Gasteiger partial charge is 0.356 e. The molecule has 6 heteroatoms. The van der Waals surface area contributed by atoms with E-state index in [-0.39, 0.29) is 24.7 Å². The van der Waals surface area contributed by atoms with Crippen LogP contribution in [0.15, 0.2) is 18.2 Å². The van der Waals surface area contributed by atoms with Gasteiger partial charge in [0, 0.05) is 6.54 Å². The van der Waals surface area contributed by atoms with E-state index in [9.17, 15) is 13.6 Å². The molecule has 0 unspecified atom stereocenters. The number of unbranched alkanes of at least 4 members (excludes halogenated alkanes) is 1. The lowest BCUT2D eigenvalue weighted by atomic mass is 10.1. The summed E-state index contributed by atoms with van der Waals surface area (Å²) in [5.74, 6) is -2.04. The van der Waals surface area contributed by atoms with Gasteiger partial charge in [0.2, 0.25) is 5.91 Å². The van der Waals surface area contributed by atoms with Gasteiger partial charge in [0.15, 0.2) is 11.6 Å². The van der Waals surface area contributed by atoms with Gasteiger partial charge >= 0.3 is 0 Å². The molecule has 102 valence electrons. The highest BCUT2D eigenvalue weighted by Gasteiger charge is 2.06. The number of hydrogen-bond acceptors (Lipinski definition) is 2. The molecule has 0 radical (unpaired) electrons. The maximum absolute atomic E-state index is 12.9. The van der Waals surface area contributed by atoms with Crippen molar-refractivity contribution in [2.75, 3.05) is 13.1 Å². The molecule has 0 heterocycles. The summed E-state index contributed by atoms with van der Waals surface area (Å²) in [6.07, 6.45) is 1.73. The van der Waals surface area contributed by atoms with Gasteiger partial charge in [-0.2, -0.15) is 0 Å². The molecule has 0 saturated carbocycles. The molecule has 3 N–H and O–H groups in total. The van der Waals surface area contributed by atoms with Gasteiger partial charge in [-0.1, -0.05) is 6.07 Å². The molecular formula is C12H17ClF2N2O. The molecule has 1 aromatic carbocycles. The average molecular weight is 279 g/mol. The first-order chi connectivity index (χ1) is 8.13. The highest BCUT2D eigenvalue weighted by molar-refractivity contribution is 5.85. The number of amides is 1. The monoisotopic (exact) mass is 278 g/mol. The zero-order chi connectivity index (χ0) is 12.7. The van der Waals surface area contributed by atoms with Gasteiger partial charge in [0.25, 0.3) is 0 Å². The summed E-state index contributed by atoms with van der Waals surface area (Å²) in [5, 5.41) is 2.69. The van der Waals surface area contributed by atoms with E-state index in [0.717, 1.165) is 25.0 Å². The topological polar surface area (TPSA) is 55.1 Å². The van der Waals surface area contributed by atoms with Crippen LogP contribution in [0.4, 0.5) is 8.78 Å². The number of benzene rings is 1. The van der Waals surface area contributed by atoms with Crippen LogP contribution in [-0.2, 0) is 11.2 Å². The normalized spacial score (nSPS) is 9.72. The van der Waals surface area contributed by atoms with E-state index in [0.29, 0.717) is 18.7 Å². The van der Waals surface area contributed by atoms with E-state index in [4.69, 9.17) is 5.73 Å². The zero-order valence-corrected chi connectivity index (χ0v) is 10.7. The molecule has 0 aliphatic rings. The Hall–Kier alpha value is -1.20. The Labute approximate surface area is 111 Å². The Balaban J connectivity index is 0.00000289. The second-order valence-electron chi connectivity index (χ2n) is 3.77. The fourth-order valence-electron chi connectivity index (χ4n) is 1.39. The third kappa shape index (κ3) is 5.93. The number of halogens is 3. The summed E-state index contributed by atoms with van der Waals surface area (Å²) in [6.45, 7) is 1.15. The van der Waals surface area contributed by atoms with Gasteiger partial charge in [-0.25, -0.2) is 8.78 Å². The van der Waals surface area contributed by atoms with Crippen LogP contribution in [0.2, 0.25) is 0 Å². The molecule has 18 heavy (non-hydrogen) atoms. The number of hydrogen-bond donors (Lipinski definition) is 2. The second-order valence-corrected chi connectivity index (χ2v) is 3.77. The van der Waals surface area contributed by atoms with Gasteiger partial charge in [0.05, 0.1) is 6.42 Å². The van der Waals surface area contributed by atoms with Crippen LogP contribution in [0.5, 0.6) is 0 Å². The van der Waals surface area contributed by atoms with Gasteiger partial charge in [-0.15, -0.1) is 12.4 Å². The maximum Gasteiger partial charge on any atom is 0.224 e. The molecule has 0 aromatic heterocycles.